The summed E-state index contributed by atoms with van der Waals surface area (Å²) in [6.45, 7) is 0. The Kier molecular flexibility index (Phi) is 10.0. The van der Waals surface area contributed by atoms with E-state index in [2.05, 4.69) is 31.8 Å². The van der Waals surface area contributed by atoms with Crippen LogP contribution in [-0.2, 0) is 4.79 Å². The SMILES string of the molecule is O=C(/C=C/c1ccc([N+](=O)[O-])cc1)Oc1ccc(Br)cc1C=NNC(=O)c1cccc(NC(=O)c2ccc([N+](=O)[O-])cc2)c1. The van der Waals surface area contributed by atoms with Crippen LogP contribution in [0.5, 0.6) is 5.75 Å². The number of anilines is 1. The van der Waals surface area contributed by atoms with Crippen LogP contribution in [0.15, 0.2) is 107 Å². The third kappa shape index (κ3) is 8.50. The molecule has 0 fully saturated rings. The van der Waals surface area contributed by atoms with E-state index in [9.17, 15) is 34.6 Å². The minimum atomic E-state index is -0.711. The van der Waals surface area contributed by atoms with E-state index < -0.39 is 27.6 Å². The van der Waals surface area contributed by atoms with Gasteiger partial charge in [0.1, 0.15) is 5.75 Å². The second-order valence-corrected chi connectivity index (χ2v) is 9.74. The number of rotatable bonds is 10. The first-order valence-electron chi connectivity index (χ1n) is 12.5. The molecule has 0 saturated carbocycles. The van der Waals surface area contributed by atoms with Gasteiger partial charge in [-0.3, -0.25) is 29.8 Å². The molecule has 0 bridgehead atoms. The number of nitro benzene ring substituents is 2. The Bertz CT molecular complexity index is 1810. The van der Waals surface area contributed by atoms with Gasteiger partial charge in [-0.25, -0.2) is 10.2 Å². The number of nitro groups is 2. The number of carbonyl (C=O) groups is 3. The number of carbonyl (C=O) groups excluding carboxylic acids is 3. The smallest absolute Gasteiger partial charge is 0.336 e. The van der Waals surface area contributed by atoms with E-state index >= 15 is 0 Å². The molecule has 0 heterocycles. The summed E-state index contributed by atoms with van der Waals surface area (Å²) in [7, 11) is 0. The third-order valence-electron chi connectivity index (χ3n) is 5.79. The number of amides is 2. The lowest BCUT2D eigenvalue weighted by atomic mass is 10.1. The van der Waals surface area contributed by atoms with Gasteiger partial charge in [-0.1, -0.05) is 22.0 Å². The summed E-state index contributed by atoms with van der Waals surface area (Å²) < 4.78 is 6.06. The molecule has 220 valence electrons. The molecule has 14 heteroatoms. The monoisotopic (exact) mass is 657 g/mol. The predicted molar refractivity (Wildman–Crippen MR) is 164 cm³/mol. The summed E-state index contributed by atoms with van der Waals surface area (Å²) in [4.78, 5) is 58.1. The Morgan fingerprint density at radius 2 is 1.45 bits per heavy atom. The fraction of sp³-hybridized carbons (Fsp3) is 0. The van der Waals surface area contributed by atoms with Gasteiger partial charge >= 0.3 is 5.97 Å². The summed E-state index contributed by atoms with van der Waals surface area (Å²) in [5.41, 5.74) is 3.76. The van der Waals surface area contributed by atoms with E-state index in [0.29, 0.717) is 21.3 Å². The van der Waals surface area contributed by atoms with Gasteiger partial charge in [0.05, 0.1) is 16.1 Å². The Morgan fingerprint density at radius 1 is 0.795 bits per heavy atom. The normalized spacial score (nSPS) is 10.8. The Balaban J connectivity index is 1.38. The van der Waals surface area contributed by atoms with Crippen molar-refractivity contribution in [2.24, 2.45) is 5.10 Å². The molecule has 0 aliphatic heterocycles. The number of benzene rings is 4. The topological polar surface area (TPSA) is 183 Å². The molecule has 0 aliphatic carbocycles. The molecule has 2 N–H and O–H groups in total. The molecule has 0 atom stereocenters. The molecule has 0 saturated heterocycles. The largest absolute Gasteiger partial charge is 0.423 e. The molecule has 4 aromatic rings. The maximum Gasteiger partial charge on any atom is 0.336 e. The van der Waals surface area contributed by atoms with E-state index in [1.54, 1.807) is 24.3 Å². The standard InChI is InChI=1S/C30H20BrN5O8/c31-23-9-14-27(44-28(37)15-6-19-4-10-25(11-5-19)35(40)41)22(16-23)18-32-34-30(39)21-2-1-3-24(17-21)33-29(38)20-7-12-26(13-8-20)36(42)43/h1-18H,(H,33,38)(H,34,39)/b15-6+,32-18?. The van der Waals surface area contributed by atoms with Gasteiger partial charge in [-0.2, -0.15) is 5.10 Å². The van der Waals surface area contributed by atoms with Crippen molar-refractivity contribution in [1.82, 2.24) is 5.43 Å². The summed E-state index contributed by atoms with van der Waals surface area (Å²) >= 11 is 3.34. The average Bonchev–Trinajstić information content (AvgIpc) is 3.01. The van der Waals surface area contributed by atoms with Crippen molar-refractivity contribution in [3.63, 3.8) is 0 Å². The van der Waals surface area contributed by atoms with Gasteiger partial charge in [0.25, 0.3) is 23.2 Å². The van der Waals surface area contributed by atoms with Crippen LogP contribution < -0.4 is 15.5 Å². The van der Waals surface area contributed by atoms with Crippen molar-refractivity contribution < 1.29 is 29.0 Å². The zero-order chi connectivity index (χ0) is 31.6. The number of halogens is 1. The first-order valence-corrected chi connectivity index (χ1v) is 13.3. The van der Waals surface area contributed by atoms with Crippen molar-refractivity contribution in [2.75, 3.05) is 5.32 Å². The Morgan fingerprint density at radius 3 is 2.11 bits per heavy atom. The van der Waals surface area contributed by atoms with Crippen LogP contribution >= 0.6 is 15.9 Å². The molecular weight excluding hydrogens is 638 g/mol. The maximum absolute atomic E-state index is 12.7. The van der Waals surface area contributed by atoms with Crippen LogP contribution in [-0.4, -0.2) is 33.8 Å². The molecular formula is C30H20BrN5O8. The van der Waals surface area contributed by atoms with E-state index in [4.69, 9.17) is 4.74 Å². The number of hydrogen-bond acceptors (Lipinski definition) is 9. The number of nitrogens with one attached hydrogen (secondary N) is 2. The summed E-state index contributed by atoms with van der Waals surface area (Å²) in [5, 5.41) is 28.2. The fourth-order valence-electron chi connectivity index (χ4n) is 3.63. The second kappa shape index (κ2) is 14.2. The van der Waals surface area contributed by atoms with Crippen LogP contribution in [0.2, 0.25) is 0 Å². The van der Waals surface area contributed by atoms with Crippen LogP contribution in [0.4, 0.5) is 17.1 Å². The maximum atomic E-state index is 12.7. The van der Waals surface area contributed by atoms with Gasteiger partial charge in [0.15, 0.2) is 0 Å². The number of nitrogens with zero attached hydrogens (tertiary/aromatic N) is 3. The number of ether oxygens (including phenoxy) is 1. The number of non-ortho nitro benzene ring substituents is 2. The lowest BCUT2D eigenvalue weighted by Gasteiger charge is -2.08. The molecule has 0 radical (unpaired) electrons. The van der Waals surface area contributed by atoms with Crippen LogP contribution in [0.25, 0.3) is 6.08 Å². The highest BCUT2D eigenvalue weighted by Gasteiger charge is 2.12. The minimum absolute atomic E-state index is 0.0743. The fourth-order valence-corrected chi connectivity index (χ4v) is 4.01. The molecule has 13 nitrogen and oxygen atoms in total. The second-order valence-electron chi connectivity index (χ2n) is 8.82. The van der Waals surface area contributed by atoms with Gasteiger partial charge in [0, 0.05) is 57.2 Å². The molecule has 4 aromatic carbocycles. The zero-order valence-corrected chi connectivity index (χ0v) is 24.0. The van der Waals surface area contributed by atoms with Gasteiger partial charge in [-0.05, 0) is 72.3 Å². The molecule has 0 unspecified atom stereocenters. The first-order chi connectivity index (χ1) is 21.1. The van der Waals surface area contributed by atoms with Gasteiger partial charge < -0.3 is 10.1 Å². The summed E-state index contributed by atoms with van der Waals surface area (Å²) in [6.07, 6.45) is 3.90. The number of hydrogen-bond donors (Lipinski definition) is 2. The highest BCUT2D eigenvalue weighted by molar-refractivity contribution is 9.10. The summed E-state index contributed by atoms with van der Waals surface area (Å²) in [5.74, 6) is -1.67. The predicted octanol–water partition coefficient (Wildman–Crippen LogP) is 5.90. The van der Waals surface area contributed by atoms with Crippen molar-refractivity contribution >= 4 is 63.1 Å². The van der Waals surface area contributed by atoms with Crippen molar-refractivity contribution in [2.45, 2.75) is 0 Å². The number of hydrazone groups is 1. The quantitative estimate of drug-likeness (QED) is 0.0527. The van der Waals surface area contributed by atoms with Crippen molar-refractivity contribution in [1.29, 1.82) is 0 Å². The van der Waals surface area contributed by atoms with Crippen molar-refractivity contribution in [3.8, 4) is 5.75 Å². The highest BCUT2D eigenvalue weighted by Crippen LogP contribution is 2.23. The molecule has 4 rings (SSSR count). The third-order valence-corrected chi connectivity index (χ3v) is 6.28. The molecule has 2 amide bonds. The summed E-state index contributed by atoms with van der Waals surface area (Å²) in [6, 6.07) is 21.5. The molecule has 44 heavy (non-hydrogen) atoms. The Labute approximate surface area is 257 Å². The Hall–Kier alpha value is -6.02. The number of esters is 1. The molecule has 0 aromatic heterocycles. The van der Waals surface area contributed by atoms with Gasteiger partial charge in [-0.15, -0.1) is 0 Å². The van der Waals surface area contributed by atoms with Crippen LogP contribution in [0.3, 0.4) is 0 Å². The highest BCUT2D eigenvalue weighted by atomic mass is 79.9. The van der Waals surface area contributed by atoms with Gasteiger partial charge in [0.2, 0.25) is 0 Å². The molecule has 0 aliphatic rings. The van der Waals surface area contributed by atoms with E-state index in [1.165, 1.54) is 85.1 Å². The van der Waals surface area contributed by atoms with Crippen molar-refractivity contribution in [3.05, 3.63) is 144 Å². The zero-order valence-electron chi connectivity index (χ0n) is 22.4. The van der Waals surface area contributed by atoms with E-state index in [-0.39, 0.29) is 28.3 Å². The lowest BCUT2D eigenvalue weighted by Crippen LogP contribution is -2.18. The lowest BCUT2D eigenvalue weighted by molar-refractivity contribution is -0.385. The first kappa shape index (κ1) is 30.9. The van der Waals surface area contributed by atoms with E-state index in [0.717, 1.165) is 0 Å². The van der Waals surface area contributed by atoms with E-state index in [1.807, 2.05) is 0 Å². The van der Waals surface area contributed by atoms with Crippen LogP contribution in [0, 0.1) is 20.2 Å². The molecule has 0 spiro atoms. The average molecular weight is 658 g/mol. The van der Waals surface area contributed by atoms with Crippen LogP contribution in [0.1, 0.15) is 31.8 Å². The minimum Gasteiger partial charge on any atom is -0.423 e.